The lowest BCUT2D eigenvalue weighted by molar-refractivity contribution is 0.0754. The summed E-state index contributed by atoms with van der Waals surface area (Å²) in [5.74, 6) is -0.799. The third kappa shape index (κ3) is 5.49. The standard InChI is InChI=1S/C25H14Br6O3S/c26-14-10-18(28)23(19(29)11-14)35(16-6-2-1-3-7-16,24-20(30)12-15(27)13-21(24)31)34-25(33)17-8-4-5-9-22(17)32/h1-13,32H. The fraction of sp³-hybridized carbons (Fsp3) is 0. The van der Waals surface area contributed by atoms with E-state index >= 15 is 0 Å². The van der Waals surface area contributed by atoms with E-state index in [9.17, 15) is 9.90 Å². The highest BCUT2D eigenvalue weighted by molar-refractivity contribution is 9.12. The van der Waals surface area contributed by atoms with Crippen molar-refractivity contribution in [3.63, 3.8) is 0 Å². The second-order valence-corrected chi connectivity index (χ2v) is 15.0. The second-order valence-electron chi connectivity index (χ2n) is 7.15. The quantitative estimate of drug-likeness (QED) is 0.217. The van der Waals surface area contributed by atoms with Gasteiger partial charge in [0.1, 0.15) is 11.3 Å². The summed E-state index contributed by atoms with van der Waals surface area (Å²) in [6, 6.07) is 23.6. The third-order valence-corrected chi connectivity index (χ3v) is 12.7. The number of para-hydroxylation sites is 1. The molecule has 0 bridgehead atoms. The zero-order valence-corrected chi connectivity index (χ0v) is 27.8. The maximum Gasteiger partial charge on any atom is 0.353 e. The van der Waals surface area contributed by atoms with Gasteiger partial charge >= 0.3 is 5.97 Å². The molecule has 0 heterocycles. The molecule has 0 spiro atoms. The predicted molar refractivity (Wildman–Crippen MR) is 161 cm³/mol. The van der Waals surface area contributed by atoms with Gasteiger partial charge in [-0.3, -0.25) is 0 Å². The van der Waals surface area contributed by atoms with Crippen molar-refractivity contribution in [1.82, 2.24) is 0 Å². The highest BCUT2D eigenvalue weighted by atomic mass is 79.9. The van der Waals surface area contributed by atoms with E-state index in [2.05, 4.69) is 95.6 Å². The number of hydrogen-bond acceptors (Lipinski definition) is 3. The van der Waals surface area contributed by atoms with Crippen LogP contribution in [0.3, 0.4) is 0 Å². The zero-order chi connectivity index (χ0) is 25.3. The molecule has 0 amide bonds. The summed E-state index contributed by atoms with van der Waals surface area (Å²) in [5, 5.41) is 10.4. The van der Waals surface area contributed by atoms with Crippen molar-refractivity contribution in [3.8, 4) is 5.75 Å². The average Bonchev–Trinajstić information content (AvgIpc) is 2.78. The minimum Gasteiger partial charge on any atom is -0.507 e. The number of rotatable bonds is 5. The van der Waals surface area contributed by atoms with Gasteiger partial charge in [-0.05, 0) is 123 Å². The molecule has 0 fully saturated rings. The Kier molecular flexibility index (Phi) is 8.94. The Morgan fingerprint density at radius 3 is 1.54 bits per heavy atom. The summed E-state index contributed by atoms with van der Waals surface area (Å²) >= 11 is 22.0. The maximum atomic E-state index is 13.7. The van der Waals surface area contributed by atoms with Gasteiger partial charge in [-0.2, -0.15) is 0 Å². The lowest BCUT2D eigenvalue weighted by atomic mass is 10.2. The summed E-state index contributed by atoms with van der Waals surface area (Å²) in [5.41, 5.74) is 0.0778. The molecule has 0 aliphatic heterocycles. The Morgan fingerprint density at radius 2 is 1.09 bits per heavy atom. The smallest absolute Gasteiger partial charge is 0.353 e. The van der Waals surface area contributed by atoms with Gasteiger partial charge < -0.3 is 9.29 Å². The Hall–Kier alpha value is -0.620. The molecule has 4 aromatic carbocycles. The zero-order valence-electron chi connectivity index (χ0n) is 17.4. The summed E-state index contributed by atoms with van der Waals surface area (Å²) in [7, 11) is -2.74. The van der Waals surface area contributed by atoms with Crippen molar-refractivity contribution in [2.45, 2.75) is 14.7 Å². The third-order valence-electron chi connectivity index (χ3n) is 4.90. The minimum absolute atomic E-state index is 0.0778. The summed E-state index contributed by atoms with van der Waals surface area (Å²) < 4.78 is 11.3. The van der Waals surface area contributed by atoms with Crippen LogP contribution in [0.15, 0.2) is 120 Å². The van der Waals surface area contributed by atoms with Crippen molar-refractivity contribution >= 4 is 112 Å². The molecule has 0 unspecified atom stereocenters. The molecule has 3 nitrogen and oxygen atoms in total. The topological polar surface area (TPSA) is 46.5 Å². The molecule has 0 atom stereocenters. The number of phenolic OH excluding ortho intramolecular Hbond substituents is 1. The van der Waals surface area contributed by atoms with Crippen molar-refractivity contribution in [1.29, 1.82) is 0 Å². The molecule has 4 aromatic rings. The SMILES string of the molecule is O=C(OS(c1ccccc1)(c1c(Br)cc(Br)cc1Br)c1c(Br)cc(Br)cc1Br)c1ccccc1O. The number of halogens is 6. The van der Waals surface area contributed by atoms with Crippen molar-refractivity contribution in [3.05, 3.63) is 111 Å². The van der Waals surface area contributed by atoms with E-state index in [1.807, 2.05) is 54.6 Å². The van der Waals surface area contributed by atoms with Gasteiger partial charge in [0, 0.05) is 31.7 Å². The summed E-state index contributed by atoms with van der Waals surface area (Å²) in [4.78, 5) is 16.0. The molecule has 4 rings (SSSR count). The van der Waals surface area contributed by atoms with Crippen LogP contribution >= 0.6 is 106 Å². The monoisotopic (exact) mass is 868 g/mol. The molecule has 0 aromatic heterocycles. The molecule has 1 N–H and O–H groups in total. The largest absolute Gasteiger partial charge is 0.507 e. The van der Waals surface area contributed by atoms with Crippen LogP contribution in [0.2, 0.25) is 0 Å². The predicted octanol–water partition coefficient (Wildman–Crippen LogP) is 11.0. The first-order valence-corrected chi connectivity index (χ1v) is 16.2. The van der Waals surface area contributed by atoms with Crippen molar-refractivity contribution in [2.75, 3.05) is 0 Å². The summed E-state index contributed by atoms with van der Waals surface area (Å²) in [6.07, 6.45) is 0. The van der Waals surface area contributed by atoms with Crippen LogP contribution in [0.4, 0.5) is 0 Å². The van der Waals surface area contributed by atoms with Crippen LogP contribution in [0.1, 0.15) is 10.4 Å². The van der Waals surface area contributed by atoms with Gasteiger partial charge in [0.25, 0.3) is 0 Å². The number of benzene rings is 4. The van der Waals surface area contributed by atoms with Gasteiger partial charge in [0.2, 0.25) is 0 Å². The van der Waals surface area contributed by atoms with Gasteiger partial charge in [0.05, 0.1) is 9.79 Å². The van der Waals surface area contributed by atoms with Gasteiger partial charge in [0.15, 0.2) is 0 Å². The Morgan fingerprint density at radius 1 is 0.657 bits per heavy atom. The minimum atomic E-state index is -2.74. The van der Waals surface area contributed by atoms with Crippen LogP contribution in [0, 0.1) is 0 Å². The fourth-order valence-electron chi connectivity index (χ4n) is 3.49. The lowest BCUT2D eigenvalue weighted by Gasteiger charge is -2.42. The first-order chi connectivity index (χ1) is 16.6. The first-order valence-electron chi connectivity index (χ1n) is 9.84. The highest BCUT2D eigenvalue weighted by Gasteiger charge is 2.42. The molecule has 0 aliphatic carbocycles. The Bertz CT molecular complexity index is 1320. The van der Waals surface area contributed by atoms with E-state index in [1.54, 1.807) is 18.2 Å². The highest BCUT2D eigenvalue weighted by Crippen LogP contribution is 2.75. The van der Waals surface area contributed by atoms with Crippen LogP contribution in [-0.2, 0) is 4.18 Å². The maximum absolute atomic E-state index is 13.7. The second kappa shape index (κ2) is 11.4. The molecule has 0 saturated carbocycles. The van der Waals surface area contributed by atoms with Crippen LogP contribution < -0.4 is 0 Å². The number of aromatic hydroxyl groups is 1. The number of carbonyl (C=O) groups excluding carboxylic acids is 1. The van der Waals surface area contributed by atoms with E-state index in [-0.39, 0.29) is 11.3 Å². The van der Waals surface area contributed by atoms with Crippen molar-refractivity contribution < 1.29 is 14.1 Å². The lowest BCUT2D eigenvalue weighted by Crippen LogP contribution is -2.16. The van der Waals surface area contributed by atoms with Crippen molar-refractivity contribution in [2.24, 2.45) is 0 Å². The molecule has 0 saturated heterocycles. The van der Waals surface area contributed by atoms with Gasteiger partial charge in [-0.25, -0.2) is 4.79 Å². The molecule has 180 valence electrons. The molecule has 0 radical (unpaired) electrons. The molecule has 35 heavy (non-hydrogen) atoms. The van der Waals surface area contributed by atoms with Gasteiger partial charge in [-0.1, -0.05) is 62.2 Å². The molecule has 10 heteroatoms. The Labute approximate surface area is 255 Å². The van der Waals surface area contributed by atoms with Crippen LogP contribution in [-0.4, -0.2) is 11.1 Å². The molecular weight excluding hydrogens is 860 g/mol. The fourth-order valence-corrected chi connectivity index (χ4v) is 13.9. The van der Waals surface area contributed by atoms with E-state index < -0.39 is 16.3 Å². The van der Waals surface area contributed by atoms with Crippen LogP contribution in [0.5, 0.6) is 5.75 Å². The number of hydrogen-bond donors (Lipinski definition) is 1. The Balaban J connectivity index is 2.15. The van der Waals surface area contributed by atoms with E-state index in [0.717, 1.165) is 41.5 Å². The van der Waals surface area contributed by atoms with Gasteiger partial charge in [-0.15, -0.1) is 0 Å². The van der Waals surface area contributed by atoms with Crippen LogP contribution in [0.25, 0.3) is 0 Å². The summed E-state index contributed by atoms with van der Waals surface area (Å²) in [6.45, 7) is 0. The van der Waals surface area contributed by atoms with E-state index in [0.29, 0.717) is 0 Å². The number of carbonyl (C=O) groups is 1. The van der Waals surface area contributed by atoms with E-state index in [1.165, 1.54) is 6.07 Å². The normalized spacial score (nSPS) is 11.8. The first kappa shape index (κ1) is 27.4. The number of phenols is 1. The molecule has 0 aliphatic rings. The molecular formula is C25H14Br6O3S. The van der Waals surface area contributed by atoms with E-state index in [4.69, 9.17) is 4.18 Å². The average molecular weight is 874 g/mol.